The summed E-state index contributed by atoms with van der Waals surface area (Å²) in [6.07, 6.45) is 1.79. The number of ether oxygens (including phenoxy) is 2. The van der Waals surface area contributed by atoms with Crippen LogP contribution in [0.2, 0.25) is 0 Å². The molecule has 0 bridgehead atoms. The fourth-order valence-electron chi connectivity index (χ4n) is 1.45. The Labute approximate surface area is 120 Å². The van der Waals surface area contributed by atoms with Gasteiger partial charge in [0.1, 0.15) is 5.60 Å². The number of sulfone groups is 1. The van der Waals surface area contributed by atoms with Crippen LogP contribution in [0, 0.1) is 0 Å². The fraction of sp³-hybridized carbons (Fsp3) is 0.769. The summed E-state index contributed by atoms with van der Waals surface area (Å²) >= 11 is 0. The Bertz CT molecular complexity index is 487. The van der Waals surface area contributed by atoms with Crippen molar-refractivity contribution in [2.24, 2.45) is 0 Å². The van der Waals surface area contributed by atoms with Crippen LogP contribution >= 0.6 is 0 Å². The summed E-state index contributed by atoms with van der Waals surface area (Å²) in [6.45, 7) is 8.93. The molecule has 0 aromatic rings. The topological polar surface area (TPSA) is 72.9 Å². The van der Waals surface area contributed by atoms with Crippen molar-refractivity contribution in [2.75, 3.05) is 12.5 Å². The quantitative estimate of drug-likeness (QED) is 0.796. The van der Waals surface area contributed by atoms with Crippen LogP contribution in [-0.2, 0) is 19.3 Å². The van der Waals surface area contributed by atoms with Crippen molar-refractivity contribution in [1.82, 2.24) is 4.90 Å². The number of nitrogens with zero attached hydrogens (tertiary/aromatic N) is 1. The van der Waals surface area contributed by atoms with Crippen molar-refractivity contribution in [3.8, 4) is 0 Å². The van der Waals surface area contributed by atoms with Crippen LogP contribution < -0.4 is 0 Å². The number of carbonyl (C=O) groups excluding carboxylic acids is 1. The Morgan fingerprint density at radius 2 is 2.00 bits per heavy atom. The maximum atomic E-state index is 12.0. The highest BCUT2D eigenvalue weighted by Gasteiger charge is 2.29. The van der Waals surface area contributed by atoms with Gasteiger partial charge >= 0.3 is 6.09 Å². The molecule has 1 amide bonds. The SMILES string of the molecule is CC(C)S(=O)(=O)COC1=CCCN1C(=O)OC(C)(C)C. The molecular weight excluding hydrogens is 282 g/mol. The Kier molecular flexibility index (Phi) is 5.07. The largest absolute Gasteiger partial charge is 0.463 e. The molecule has 20 heavy (non-hydrogen) atoms. The second-order valence-electron chi connectivity index (χ2n) is 5.94. The van der Waals surface area contributed by atoms with Gasteiger partial charge in [-0.1, -0.05) is 0 Å². The van der Waals surface area contributed by atoms with Crippen molar-refractivity contribution >= 4 is 15.9 Å². The van der Waals surface area contributed by atoms with Crippen LogP contribution in [0.4, 0.5) is 4.79 Å². The third kappa shape index (κ3) is 4.70. The lowest BCUT2D eigenvalue weighted by molar-refractivity contribution is 0.0215. The number of hydrogen-bond donors (Lipinski definition) is 0. The summed E-state index contributed by atoms with van der Waals surface area (Å²) in [5.74, 6) is -0.182. The number of carbonyl (C=O) groups is 1. The predicted molar refractivity (Wildman–Crippen MR) is 75.6 cm³/mol. The van der Waals surface area contributed by atoms with Gasteiger partial charge in [-0.15, -0.1) is 0 Å². The molecule has 0 spiro atoms. The zero-order valence-electron chi connectivity index (χ0n) is 12.7. The van der Waals surface area contributed by atoms with E-state index in [4.69, 9.17) is 9.47 Å². The molecule has 1 heterocycles. The molecular formula is C13H23NO5S. The molecule has 0 aromatic heterocycles. The van der Waals surface area contributed by atoms with Gasteiger partial charge in [-0.2, -0.15) is 0 Å². The van der Waals surface area contributed by atoms with Crippen LogP contribution in [0.25, 0.3) is 0 Å². The summed E-state index contributed by atoms with van der Waals surface area (Å²) in [4.78, 5) is 13.3. The van der Waals surface area contributed by atoms with Crippen LogP contribution in [0.15, 0.2) is 12.0 Å². The summed E-state index contributed by atoms with van der Waals surface area (Å²) < 4.78 is 33.9. The zero-order valence-corrected chi connectivity index (χ0v) is 13.5. The van der Waals surface area contributed by atoms with Gasteiger partial charge in [-0.3, -0.25) is 0 Å². The van der Waals surface area contributed by atoms with E-state index in [2.05, 4.69) is 0 Å². The third-order valence-electron chi connectivity index (χ3n) is 2.64. The normalized spacial score (nSPS) is 16.3. The molecule has 0 saturated carbocycles. The standard InChI is InChI=1S/C13H23NO5S/c1-10(2)20(16,17)9-18-11-7-6-8-14(11)12(15)19-13(3,4)5/h7,10H,6,8-9H2,1-5H3. The molecule has 1 aliphatic rings. The second-order valence-corrected chi connectivity index (χ2v) is 8.44. The minimum atomic E-state index is -3.31. The third-order valence-corrected chi connectivity index (χ3v) is 4.52. The van der Waals surface area contributed by atoms with E-state index in [0.29, 0.717) is 13.0 Å². The van der Waals surface area contributed by atoms with Crippen LogP contribution in [0.3, 0.4) is 0 Å². The van der Waals surface area contributed by atoms with E-state index in [-0.39, 0.29) is 5.88 Å². The van der Waals surface area contributed by atoms with E-state index in [1.54, 1.807) is 40.7 Å². The Morgan fingerprint density at radius 1 is 1.40 bits per heavy atom. The average molecular weight is 305 g/mol. The van der Waals surface area contributed by atoms with Crippen LogP contribution in [0.5, 0.6) is 0 Å². The number of amides is 1. The van der Waals surface area contributed by atoms with Gasteiger partial charge in [-0.25, -0.2) is 18.1 Å². The molecule has 6 nitrogen and oxygen atoms in total. The van der Waals surface area contributed by atoms with E-state index < -0.39 is 32.7 Å². The molecule has 0 unspecified atom stereocenters. The Balaban J connectivity index is 2.65. The fourth-order valence-corrected chi connectivity index (χ4v) is 2.01. The van der Waals surface area contributed by atoms with E-state index in [9.17, 15) is 13.2 Å². The summed E-state index contributed by atoms with van der Waals surface area (Å²) in [5, 5.41) is -0.514. The van der Waals surface area contributed by atoms with Gasteiger partial charge in [0.15, 0.2) is 21.7 Å². The van der Waals surface area contributed by atoms with E-state index >= 15 is 0 Å². The summed E-state index contributed by atoms with van der Waals surface area (Å²) in [5.41, 5.74) is -0.602. The van der Waals surface area contributed by atoms with Crippen molar-refractivity contribution in [2.45, 2.75) is 51.9 Å². The summed E-state index contributed by atoms with van der Waals surface area (Å²) in [6, 6.07) is 0. The first-order valence-corrected chi connectivity index (χ1v) is 8.29. The first kappa shape index (κ1) is 16.8. The van der Waals surface area contributed by atoms with Crippen molar-refractivity contribution < 1.29 is 22.7 Å². The van der Waals surface area contributed by atoms with Gasteiger partial charge in [0.05, 0.1) is 5.25 Å². The molecule has 116 valence electrons. The van der Waals surface area contributed by atoms with Gasteiger partial charge in [0, 0.05) is 6.54 Å². The van der Waals surface area contributed by atoms with Gasteiger partial charge in [0.25, 0.3) is 0 Å². The number of hydrogen-bond acceptors (Lipinski definition) is 5. The molecule has 1 aliphatic heterocycles. The molecule has 1 rings (SSSR count). The molecule has 0 radical (unpaired) electrons. The number of rotatable bonds is 4. The molecule has 0 fully saturated rings. The first-order valence-electron chi connectivity index (χ1n) is 6.58. The molecule has 0 atom stereocenters. The smallest absolute Gasteiger partial charge is 0.417 e. The Morgan fingerprint density at radius 3 is 2.50 bits per heavy atom. The highest BCUT2D eigenvalue weighted by molar-refractivity contribution is 7.91. The second kappa shape index (κ2) is 6.03. The highest BCUT2D eigenvalue weighted by atomic mass is 32.2. The first-order chi connectivity index (χ1) is 9.03. The van der Waals surface area contributed by atoms with E-state index in [1.807, 2.05) is 0 Å². The predicted octanol–water partition coefficient (Wildman–Crippen LogP) is 2.27. The monoisotopic (exact) mass is 305 g/mol. The molecule has 7 heteroatoms. The lowest BCUT2D eigenvalue weighted by Gasteiger charge is -2.26. The minimum Gasteiger partial charge on any atom is -0.463 e. The maximum absolute atomic E-state index is 12.0. The summed E-state index contributed by atoms with van der Waals surface area (Å²) in [7, 11) is -3.31. The molecule has 0 N–H and O–H groups in total. The maximum Gasteiger partial charge on any atom is 0.417 e. The average Bonchev–Trinajstić information content (AvgIpc) is 2.72. The van der Waals surface area contributed by atoms with Gasteiger partial charge in [0.2, 0.25) is 0 Å². The Hall–Kier alpha value is -1.24. The van der Waals surface area contributed by atoms with Crippen LogP contribution in [0.1, 0.15) is 41.0 Å². The lowest BCUT2D eigenvalue weighted by Crippen LogP contribution is -2.36. The van der Waals surface area contributed by atoms with Crippen molar-refractivity contribution in [3.63, 3.8) is 0 Å². The van der Waals surface area contributed by atoms with Crippen molar-refractivity contribution in [3.05, 3.63) is 12.0 Å². The lowest BCUT2D eigenvalue weighted by atomic mass is 10.2. The van der Waals surface area contributed by atoms with Gasteiger partial charge in [-0.05, 0) is 47.1 Å². The van der Waals surface area contributed by atoms with Crippen molar-refractivity contribution in [1.29, 1.82) is 0 Å². The van der Waals surface area contributed by atoms with Gasteiger partial charge < -0.3 is 9.47 Å². The molecule has 0 aromatic carbocycles. The molecule has 0 aliphatic carbocycles. The van der Waals surface area contributed by atoms with E-state index in [0.717, 1.165) is 0 Å². The van der Waals surface area contributed by atoms with E-state index in [1.165, 1.54) is 4.90 Å². The minimum absolute atomic E-state index is 0.253. The molecule has 0 saturated heterocycles. The zero-order chi connectivity index (χ0) is 15.6. The van der Waals surface area contributed by atoms with Crippen LogP contribution in [-0.4, -0.2) is 42.7 Å². The highest BCUT2D eigenvalue weighted by Crippen LogP contribution is 2.21.